The van der Waals surface area contributed by atoms with E-state index in [1.807, 2.05) is 42.3 Å². The molecule has 0 aliphatic carbocycles. The Balaban J connectivity index is 2.31. The maximum atomic E-state index is 11.0. The SMILES string of the molecule is C#CC(=O)Oc1ccc(-c2ccccc2)cc1Cl. The molecule has 0 aliphatic rings. The summed E-state index contributed by atoms with van der Waals surface area (Å²) in [6.45, 7) is 0. The molecule has 0 spiro atoms. The van der Waals surface area contributed by atoms with Crippen LogP contribution in [0.1, 0.15) is 0 Å². The first-order chi connectivity index (χ1) is 8.70. The van der Waals surface area contributed by atoms with Gasteiger partial charge in [-0.15, -0.1) is 6.42 Å². The summed E-state index contributed by atoms with van der Waals surface area (Å²) in [5.41, 5.74) is 1.98. The van der Waals surface area contributed by atoms with Crippen LogP contribution in [0.3, 0.4) is 0 Å². The van der Waals surface area contributed by atoms with Gasteiger partial charge >= 0.3 is 5.97 Å². The number of ether oxygens (including phenoxy) is 1. The summed E-state index contributed by atoms with van der Waals surface area (Å²) in [4.78, 5) is 11.0. The first-order valence-electron chi connectivity index (χ1n) is 5.24. The van der Waals surface area contributed by atoms with Gasteiger partial charge in [-0.05, 0) is 23.3 Å². The Kier molecular flexibility index (Phi) is 3.66. The number of benzene rings is 2. The highest BCUT2D eigenvalue weighted by Crippen LogP contribution is 2.30. The summed E-state index contributed by atoms with van der Waals surface area (Å²) in [6.07, 6.45) is 4.92. The summed E-state index contributed by atoms with van der Waals surface area (Å²) in [5, 5.41) is 0.347. The fraction of sp³-hybridized carbons (Fsp3) is 0. The van der Waals surface area contributed by atoms with E-state index in [1.165, 1.54) is 0 Å². The lowest BCUT2D eigenvalue weighted by Crippen LogP contribution is -2.04. The van der Waals surface area contributed by atoms with Gasteiger partial charge in [-0.2, -0.15) is 0 Å². The van der Waals surface area contributed by atoms with Crippen LogP contribution in [0.4, 0.5) is 0 Å². The lowest BCUT2D eigenvalue weighted by atomic mass is 10.1. The number of terminal acetylenes is 1. The number of esters is 1. The molecule has 2 nitrogen and oxygen atoms in total. The minimum absolute atomic E-state index is 0.263. The van der Waals surface area contributed by atoms with E-state index in [0.717, 1.165) is 11.1 Å². The van der Waals surface area contributed by atoms with Crippen LogP contribution in [0.2, 0.25) is 5.02 Å². The van der Waals surface area contributed by atoms with Crippen LogP contribution in [0, 0.1) is 12.3 Å². The molecule has 0 saturated carbocycles. The normalized spacial score (nSPS) is 9.56. The van der Waals surface area contributed by atoms with Gasteiger partial charge in [0.05, 0.1) is 5.02 Å². The molecule has 0 radical (unpaired) electrons. The van der Waals surface area contributed by atoms with Gasteiger partial charge in [-0.1, -0.05) is 48.0 Å². The van der Waals surface area contributed by atoms with Crippen molar-refractivity contribution >= 4 is 17.6 Å². The third-order valence-electron chi connectivity index (χ3n) is 2.36. The van der Waals surface area contributed by atoms with Crippen LogP contribution in [0.5, 0.6) is 5.75 Å². The van der Waals surface area contributed by atoms with Gasteiger partial charge in [-0.3, -0.25) is 0 Å². The first kappa shape index (κ1) is 12.2. The Morgan fingerprint density at radius 3 is 2.44 bits per heavy atom. The quantitative estimate of drug-likeness (QED) is 0.356. The molecule has 0 aliphatic heterocycles. The monoisotopic (exact) mass is 256 g/mol. The van der Waals surface area contributed by atoms with Crippen LogP contribution in [0.15, 0.2) is 48.5 Å². The molecule has 0 atom stereocenters. The molecule has 0 heterocycles. The third kappa shape index (κ3) is 2.71. The van der Waals surface area contributed by atoms with Crippen LogP contribution in [-0.4, -0.2) is 5.97 Å². The van der Waals surface area contributed by atoms with E-state index in [9.17, 15) is 4.79 Å². The van der Waals surface area contributed by atoms with Crippen molar-refractivity contribution in [2.24, 2.45) is 0 Å². The summed E-state index contributed by atoms with van der Waals surface area (Å²) >= 11 is 6.03. The molecule has 0 amide bonds. The largest absolute Gasteiger partial charge is 0.415 e. The summed E-state index contributed by atoms with van der Waals surface area (Å²) in [7, 11) is 0. The van der Waals surface area contributed by atoms with Crippen LogP contribution in [-0.2, 0) is 4.79 Å². The molecule has 88 valence electrons. The van der Waals surface area contributed by atoms with Crippen molar-refractivity contribution in [1.82, 2.24) is 0 Å². The second-order valence-corrected chi connectivity index (χ2v) is 3.95. The molecule has 3 heteroatoms. The maximum Gasteiger partial charge on any atom is 0.389 e. The zero-order valence-corrected chi connectivity index (χ0v) is 10.1. The van der Waals surface area contributed by atoms with Gasteiger partial charge < -0.3 is 4.74 Å². The van der Waals surface area contributed by atoms with Crippen molar-refractivity contribution in [3.63, 3.8) is 0 Å². The highest BCUT2D eigenvalue weighted by Gasteiger charge is 2.07. The van der Waals surface area contributed by atoms with E-state index < -0.39 is 5.97 Å². The molecule has 0 bridgehead atoms. The van der Waals surface area contributed by atoms with E-state index in [4.69, 9.17) is 22.8 Å². The Morgan fingerprint density at radius 2 is 1.83 bits per heavy atom. The zero-order chi connectivity index (χ0) is 13.0. The number of halogens is 1. The Hall–Kier alpha value is -2.24. The van der Waals surface area contributed by atoms with Gasteiger partial charge in [0, 0.05) is 5.92 Å². The smallest absolute Gasteiger partial charge is 0.389 e. The fourth-order valence-electron chi connectivity index (χ4n) is 1.52. The molecule has 2 aromatic carbocycles. The summed E-state index contributed by atoms with van der Waals surface area (Å²) < 4.78 is 4.88. The highest BCUT2D eigenvalue weighted by atomic mass is 35.5. The predicted octanol–water partition coefficient (Wildman–Crippen LogP) is 3.55. The standard InChI is InChI=1S/C15H9ClO2/c1-2-15(17)18-14-9-8-12(10-13(14)16)11-6-4-3-5-7-11/h1,3-10H. The topological polar surface area (TPSA) is 26.3 Å². The van der Waals surface area contributed by atoms with Crippen LogP contribution in [0.25, 0.3) is 11.1 Å². The second kappa shape index (κ2) is 5.39. The number of hydrogen-bond donors (Lipinski definition) is 0. The van der Waals surface area contributed by atoms with Crippen LogP contribution >= 0.6 is 11.6 Å². The third-order valence-corrected chi connectivity index (χ3v) is 2.65. The van der Waals surface area contributed by atoms with E-state index in [1.54, 1.807) is 12.1 Å². The summed E-state index contributed by atoms with van der Waals surface area (Å²) in [5.74, 6) is 1.37. The zero-order valence-electron chi connectivity index (χ0n) is 9.39. The number of hydrogen-bond acceptors (Lipinski definition) is 2. The molecular formula is C15H9ClO2. The molecule has 0 fully saturated rings. The number of carbonyl (C=O) groups is 1. The fourth-order valence-corrected chi connectivity index (χ4v) is 1.74. The lowest BCUT2D eigenvalue weighted by molar-refractivity contribution is -0.128. The second-order valence-electron chi connectivity index (χ2n) is 3.55. The van der Waals surface area contributed by atoms with Gasteiger partial charge in [-0.25, -0.2) is 4.79 Å². The van der Waals surface area contributed by atoms with Crippen molar-refractivity contribution in [3.05, 3.63) is 53.6 Å². The number of carbonyl (C=O) groups excluding carboxylic acids is 1. The minimum Gasteiger partial charge on any atom is -0.415 e. The van der Waals surface area contributed by atoms with E-state index in [0.29, 0.717) is 5.02 Å². The van der Waals surface area contributed by atoms with E-state index in [-0.39, 0.29) is 5.75 Å². The highest BCUT2D eigenvalue weighted by molar-refractivity contribution is 6.32. The molecule has 2 aromatic rings. The first-order valence-corrected chi connectivity index (χ1v) is 5.62. The maximum absolute atomic E-state index is 11.0. The molecule has 0 N–H and O–H groups in total. The molecule has 0 aromatic heterocycles. The Morgan fingerprint density at radius 1 is 1.11 bits per heavy atom. The van der Waals surface area contributed by atoms with Crippen molar-refractivity contribution < 1.29 is 9.53 Å². The van der Waals surface area contributed by atoms with Crippen molar-refractivity contribution in [2.45, 2.75) is 0 Å². The van der Waals surface area contributed by atoms with Gasteiger partial charge in [0.25, 0.3) is 0 Å². The molecule has 2 rings (SSSR count). The molecule has 18 heavy (non-hydrogen) atoms. The van der Waals surface area contributed by atoms with Crippen molar-refractivity contribution in [2.75, 3.05) is 0 Å². The van der Waals surface area contributed by atoms with E-state index in [2.05, 4.69) is 0 Å². The lowest BCUT2D eigenvalue weighted by Gasteiger charge is -2.06. The van der Waals surface area contributed by atoms with Gasteiger partial charge in [0.1, 0.15) is 0 Å². The van der Waals surface area contributed by atoms with Crippen molar-refractivity contribution in [3.8, 4) is 29.2 Å². The van der Waals surface area contributed by atoms with Crippen molar-refractivity contribution in [1.29, 1.82) is 0 Å². The minimum atomic E-state index is -0.760. The summed E-state index contributed by atoms with van der Waals surface area (Å²) in [6, 6.07) is 14.9. The predicted molar refractivity (Wildman–Crippen MR) is 71.4 cm³/mol. The van der Waals surface area contributed by atoms with E-state index >= 15 is 0 Å². The average Bonchev–Trinajstić information content (AvgIpc) is 2.42. The molecular weight excluding hydrogens is 248 g/mol. The number of rotatable bonds is 2. The van der Waals surface area contributed by atoms with Crippen LogP contribution < -0.4 is 4.74 Å². The van der Waals surface area contributed by atoms with Gasteiger partial charge in [0.2, 0.25) is 0 Å². The molecule has 0 unspecified atom stereocenters. The molecule has 0 saturated heterocycles. The Bertz CT molecular complexity index is 612. The van der Waals surface area contributed by atoms with Gasteiger partial charge in [0.15, 0.2) is 5.75 Å². The average molecular weight is 257 g/mol. The Labute approximate surface area is 110 Å².